The summed E-state index contributed by atoms with van der Waals surface area (Å²) >= 11 is 0. The number of benzene rings is 6. The minimum atomic E-state index is 0.268. The highest BCUT2D eigenvalue weighted by Crippen LogP contribution is 2.44. The number of rotatable bonds is 6. The molecular weight excluding hydrogens is 637 g/mol. The number of hydrogen-bond acceptors (Lipinski definition) is 4. The zero-order chi connectivity index (χ0) is 34.8. The first kappa shape index (κ1) is 30.6. The van der Waals surface area contributed by atoms with Crippen molar-refractivity contribution in [3.8, 4) is 0 Å². The van der Waals surface area contributed by atoms with Crippen LogP contribution in [0.3, 0.4) is 0 Å². The van der Waals surface area contributed by atoms with E-state index in [-0.39, 0.29) is 6.04 Å². The highest BCUT2D eigenvalue weighted by molar-refractivity contribution is 6.27. The van der Waals surface area contributed by atoms with Gasteiger partial charge >= 0.3 is 0 Å². The van der Waals surface area contributed by atoms with Crippen molar-refractivity contribution in [3.63, 3.8) is 0 Å². The number of nitrogens with zero attached hydrogens (tertiary/aromatic N) is 2. The van der Waals surface area contributed by atoms with Gasteiger partial charge in [0.05, 0.1) is 6.04 Å². The molecule has 2 aliphatic carbocycles. The zero-order valence-electron chi connectivity index (χ0n) is 29.3. The summed E-state index contributed by atoms with van der Waals surface area (Å²) in [5.74, 6) is 0. The van der Waals surface area contributed by atoms with Gasteiger partial charge in [0, 0.05) is 62.1 Å². The van der Waals surface area contributed by atoms with Crippen molar-refractivity contribution in [2.45, 2.75) is 39.2 Å². The van der Waals surface area contributed by atoms with Crippen LogP contribution in [0.25, 0.3) is 54.6 Å². The molecule has 2 aromatic heterocycles. The molecule has 4 heteroatoms. The van der Waals surface area contributed by atoms with Gasteiger partial charge in [0.1, 0.15) is 22.3 Å². The Kier molecular flexibility index (Phi) is 7.17. The molecule has 0 spiro atoms. The van der Waals surface area contributed by atoms with Crippen LogP contribution in [0.1, 0.15) is 31.7 Å². The molecule has 0 radical (unpaired) electrons. The highest BCUT2D eigenvalue weighted by atomic mass is 16.3. The average Bonchev–Trinajstić information content (AvgIpc) is 3.75. The van der Waals surface area contributed by atoms with E-state index in [1.165, 1.54) is 22.2 Å². The second kappa shape index (κ2) is 12.2. The number of fused-ring (bicyclic) bond motifs is 9. The molecule has 4 nitrogen and oxygen atoms in total. The van der Waals surface area contributed by atoms with Crippen LogP contribution in [0.4, 0.5) is 22.7 Å². The van der Waals surface area contributed by atoms with Gasteiger partial charge in [0.2, 0.25) is 0 Å². The molecule has 0 aliphatic heterocycles. The van der Waals surface area contributed by atoms with E-state index in [0.717, 1.165) is 91.3 Å². The molecule has 0 N–H and O–H groups in total. The molecule has 2 heterocycles. The molecule has 1 atom stereocenters. The van der Waals surface area contributed by atoms with E-state index >= 15 is 0 Å². The van der Waals surface area contributed by atoms with Crippen molar-refractivity contribution >= 4 is 77.4 Å². The Labute approximate surface area is 302 Å². The normalized spacial score (nSPS) is 15.9. The topological polar surface area (TPSA) is 32.8 Å². The molecule has 0 fully saturated rings. The Morgan fingerprint density at radius 1 is 0.596 bits per heavy atom. The van der Waals surface area contributed by atoms with Crippen molar-refractivity contribution in [3.05, 3.63) is 169 Å². The SMILES string of the molecule is CC1=CCC(N(C2=CC=CCC2)c2ccc3c(c2)oc2ccc4c(ccc5oc6cc(N(c7ccccc7)c7ccc(C)cc7)ccc6c54)c23)C=C1. The summed E-state index contributed by atoms with van der Waals surface area (Å²) in [6.45, 7) is 4.29. The standard InChI is InChI=1S/C48H38N2O2/c1-31-13-17-35(18-14-31)49(33-9-5-3-6-10-33)37-21-23-41-45(29-37)51-43-27-25-40-39(47(41)43)26-28-44-48(40)42-24-22-38(30-46(42)52-44)50(34-11-7-4-8-12-34)36-19-15-32(2)16-20-36/h3-7,9-11,13-19,21-30,36H,8,12,20H2,1-2H3. The van der Waals surface area contributed by atoms with Crippen molar-refractivity contribution < 1.29 is 8.83 Å². The highest BCUT2D eigenvalue weighted by Gasteiger charge is 2.24. The Balaban J connectivity index is 1.10. The van der Waals surface area contributed by atoms with E-state index in [1.807, 2.05) is 0 Å². The lowest BCUT2D eigenvalue weighted by Gasteiger charge is -2.35. The molecule has 6 aromatic carbocycles. The van der Waals surface area contributed by atoms with E-state index in [4.69, 9.17) is 8.83 Å². The molecule has 252 valence electrons. The lowest BCUT2D eigenvalue weighted by atomic mass is 9.98. The maximum atomic E-state index is 6.64. The third kappa shape index (κ3) is 5.05. The van der Waals surface area contributed by atoms with E-state index in [0.29, 0.717) is 0 Å². The van der Waals surface area contributed by atoms with Crippen molar-refractivity contribution in [2.24, 2.45) is 0 Å². The second-order valence-corrected chi connectivity index (χ2v) is 14.1. The van der Waals surface area contributed by atoms with Crippen molar-refractivity contribution in [2.75, 3.05) is 9.80 Å². The van der Waals surface area contributed by atoms with Crippen LogP contribution in [0.5, 0.6) is 0 Å². The van der Waals surface area contributed by atoms with Crippen LogP contribution in [-0.4, -0.2) is 6.04 Å². The monoisotopic (exact) mass is 674 g/mol. The molecule has 8 aromatic rings. The van der Waals surface area contributed by atoms with Crippen LogP contribution in [-0.2, 0) is 0 Å². The smallest absolute Gasteiger partial charge is 0.137 e. The van der Waals surface area contributed by atoms with Crippen LogP contribution in [0, 0.1) is 6.92 Å². The molecule has 10 rings (SSSR count). The van der Waals surface area contributed by atoms with Gasteiger partial charge in [-0.15, -0.1) is 0 Å². The first-order chi connectivity index (χ1) is 25.6. The summed E-state index contributed by atoms with van der Waals surface area (Å²) in [5, 5.41) is 6.83. The van der Waals surface area contributed by atoms with Crippen molar-refractivity contribution in [1.29, 1.82) is 0 Å². The fraction of sp³-hybridized carbons (Fsp3) is 0.125. The lowest BCUT2D eigenvalue weighted by molar-refractivity contribution is 0.667. The molecule has 52 heavy (non-hydrogen) atoms. The van der Waals surface area contributed by atoms with E-state index in [9.17, 15) is 0 Å². The van der Waals surface area contributed by atoms with E-state index < -0.39 is 0 Å². The summed E-state index contributed by atoms with van der Waals surface area (Å²) in [6.07, 6.45) is 16.7. The maximum Gasteiger partial charge on any atom is 0.137 e. The molecule has 2 aliphatic rings. The number of para-hydroxylation sites is 1. The lowest BCUT2D eigenvalue weighted by Crippen LogP contribution is -2.34. The quantitative estimate of drug-likeness (QED) is 0.176. The predicted molar refractivity (Wildman–Crippen MR) is 218 cm³/mol. The third-order valence-corrected chi connectivity index (χ3v) is 10.8. The van der Waals surface area contributed by atoms with E-state index in [1.54, 1.807) is 0 Å². The number of furan rings is 2. The third-order valence-electron chi connectivity index (χ3n) is 10.8. The maximum absolute atomic E-state index is 6.64. The average molecular weight is 675 g/mol. The number of anilines is 4. The molecule has 0 bridgehead atoms. The number of allylic oxidation sites excluding steroid dienone is 6. The minimum absolute atomic E-state index is 0.268. The number of aryl methyl sites for hydroxylation is 1. The molecule has 0 amide bonds. The van der Waals surface area contributed by atoms with Gasteiger partial charge in [-0.1, -0.05) is 71.8 Å². The predicted octanol–water partition coefficient (Wildman–Crippen LogP) is 13.7. The van der Waals surface area contributed by atoms with E-state index in [2.05, 4.69) is 175 Å². The zero-order valence-corrected chi connectivity index (χ0v) is 29.3. The summed E-state index contributed by atoms with van der Waals surface area (Å²) < 4.78 is 13.3. The fourth-order valence-corrected chi connectivity index (χ4v) is 8.21. The Hall–Kier alpha value is -6.26. The summed E-state index contributed by atoms with van der Waals surface area (Å²) in [7, 11) is 0. The Morgan fingerprint density at radius 2 is 1.21 bits per heavy atom. The van der Waals surface area contributed by atoms with Gasteiger partial charge in [-0.3, -0.25) is 0 Å². The summed E-state index contributed by atoms with van der Waals surface area (Å²) in [4.78, 5) is 4.78. The number of hydrogen-bond donors (Lipinski definition) is 0. The Bertz CT molecular complexity index is 2790. The molecule has 0 saturated heterocycles. The van der Waals surface area contributed by atoms with Crippen LogP contribution < -0.4 is 9.80 Å². The first-order valence-corrected chi connectivity index (χ1v) is 18.2. The van der Waals surface area contributed by atoms with Gasteiger partial charge in [-0.2, -0.15) is 0 Å². The Morgan fingerprint density at radius 3 is 1.85 bits per heavy atom. The minimum Gasteiger partial charge on any atom is -0.456 e. The molecule has 0 saturated carbocycles. The summed E-state index contributed by atoms with van der Waals surface area (Å²) in [5.41, 5.74) is 11.9. The van der Waals surface area contributed by atoms with Crippen molar-refractivity contribution in [1.82, 2.24) is 0 Å². The molecule has 1 unspecified atom stereocenters. The largest absolute Gasteiger partial charge is 0.456 e. The first-order valence-electron chi connectivity index (χ1n) is 18.2. The van der Waals surface area contributed by atoms with Gasteiger partial charge < -0.3 is 18.6 Å². The van der Waals surface area contributed by atoms with Crippen LogP contribution >= 0.6 is 0 Å². The van der Waals surface area contributed by atoms with Crippen LogP contribution in [0.2, 0.25) is 0 Å². The van der Waals surface area contributed by atoms with Gasteiger partial charge in [0.25, 0.3) is 0 Å². The fourth-order valence-electron chi connectivity index (χ4n) is 8.21. The van der Waals surface area contributed by atoms with Gasteiger partial charge in [-0.25, -0.2) is 0 Å². The van der Waals surface area contributed by atoms with Gasteiger partial charge in [0.15, 0.2) is 0 Å². The molecular formula is C48H38N2O2. The van der Waals surface area contributed by atoms with Gasteiger partial charge in [-0.05, 0) is 123 Å². The second-order valence-electron chi connectivity index (χ2n) is 14.1. The van der Waals surface area contributed by atoms with Crippen LogP contribution in [0.15, 0.2) is 172 Å². The summed E-state index contributed by atoms with van der Waals surface area (Å²) in [6, 6.07) is 41.4.